The molecule has 0 aliphatic carbocycles. The van der Waals surface area contributed by atoms with Crippen LogP contribution in [-0.2, 0) is 16.6 Å². The molecule has 29 heavy (non-hydrogen) atoms. The van der Waals surface area contributed by atoms with Crippen molar-refractivity contribution in [3.8, 4) is 28.4 Å². The number of hydrogen-bond acceptors (Lipinski definition) is 6. The fourth-order valence-corrected chi connectivity index (χ4v) is 4.81. The van der Waals surface area contributed by atoms with Gasteiger partial charge in [0.1, 0.15) is 0 Å². The number of rotatable bonds is 3. The molecule has 1 aliphatic heterocycles. The maximum atomic E-state index is 12.7. The maximum absolute atomic E-state index is 12.7. The molecule has 1 atom stereocenters. The summed E-state index contributed by atoms with van der Waals surface area (Å²) in [6.45, 7) is 1.73. The first kappa shape index (κ1) is 17.5. The molecule has 0 spiro atoms. The Bertz CT molecular complexity index is 1310. The van der Waals surface area contributed by atoms with E-state index in [9.17, 15) is 14.1 Å². The molecule has 0 saturated carbocycles. The highest BCUT2D eigenvalue weighted by Crippen LogP contribution is 2.39. The monoisotopic (exact) mass is 406 g/mol. The Labute approximate surface area is 167 Å². The van der Waals surface area contributed by atoms with Gasteiger partial charge in [-0.25, -0.2) is 9.48 Å². The summed E-state index contributed by atoms with van der Waals surface area (Å²) in [6, 6.07) is 14.5. The second-order valence-corrected chi connectivity index (χ2v) is 8.00. The minimum atomic E-state index is -1.33. The zero-order valence-corrected chi connectivity index (χ0v) is 16.0. The average molecular weight is 406 g/mol. The number of hydrogen-bond donors (Lipinski definition) is 1. The summed E-state index contributed by atoms with van der Waals surface area (Å²) in [5, 5.41) is 17.8. The van der Waals surface area contributed by atoms with E-state index in [-0.39, 0.29) is 11.4 Å². The van der Waals surface area contributed by atoms with Gasteiger partial charge in [-0.15, -0.1) is 0 Å². The molecule has 1 N–H and O–H groups in total. The third kappa shape index (κ3) is 2.78. The zero-order chi connectivity index (χ0) is 20.1. The molecule has 0 amide bonds. The molecule has 1 aliphatic rings. The lowest BCUT2D eigenvalue weighted by Crippen LogP contribution is -2.10. The van der Waals surface area contributed by atoms with Gasteiger partial charge in [0, 0.05) is 21.6 Å². The highest BCUT2D eigenvalue weighted by Gasteiger charge is 2.32. The molecule has 8 nitrogen and oxygen atoms in total. The van der Waals surface area contributed by atoms with E-state index in [1.807, 2.05) is 36.4 Å². The Morgan fingerprint density at radius 3 is 2.79 bits per heavy atom. The van der Waals surface area contributed by atoms with Crippen LogP contribution in [-0.4, -0.2) is 35.2 Å². The topological polar surface area (TPSA) is 111 Å². The summed E-state index contributed by atoms with van der Waals surface area (Å²) in [6.07, 6.45) is 0. The van der Waals surface area contributed by atoms with Crippen molar-refractivity contribution in [1.82, 2.24) is 19.9 Å². The number of aryl methyl sites for hydroxylation is 1. The SMILES string of the molecule is Cc1noc(-c2cccc(-n3nc(C(=O)O)c4c3-c3ccccc3S(=O)C4)c2)n1. The second kappa shape index (κ2) is 6.49. The van der Waals surface area contributed by atoms with Crippen LogP contribution in [0.4, 0.5) is 0 Å². The fourth-order valence-electron chi connectivity index (χ4n) is 3.48. The summed E-state index contributed by atoms with van der Waals surface area (Å²) in [5.74, 6) is -0.159. The predicted molar refractivity (Wildman–Crippen MR) is 104 cm³/mol. The first-order valence-corrected chi connectivity index (χ1v) is 10.1. The van der Waals surface area contributed by atoms with E-state index >= 15 is 0 Å². The van der Waals surface area contributed by atoms with Crippen molar-refractivity contribution in [2.45, 2.75) is 17.6 Å². The Balaban J connectivity index is 1.75. The molecule has 0 saturated heterocycles. The minimum Gasteiger partial charge on any atom is -0.476 e. The fraction of sp³-hybridized carbons (Fsp3) is 0.100. The summed E-state index contributed by atoms with van der Waals surface area (Å²) in [5.41, 5.74) is 3.06. The first-order valence-electron chi connectivity index (χ1n) is 8.77. The highest BCUT2D eigenvalue weighted by molar-refractivity contribution is 7.84. The molecular weight excluding hydrogens is 392 g/mol. The number of carboxylic acids is 1. The average Bonchev–Trinajstić information content (AvgIpc) is 3.32. The number of carbonyl (C=O) groups is 1. The van der Waals surface area contributed by atoms with Gasteiger partial charge in [-0.05, 0) is 31.2 Å². The van der Waals surface area contributed by atoms with Gasteiger partial charge >= 0.3 is 5.97 Å². The lowest BCUT2D eigenvalue weighted by molar-refractivity contribution is 0.0689. The summed E-state index contributed by atoms with van der Waals surface area (Å²) in [7, 11) is -1.33. The smallest absolute Gasteiger partial charge is 0.356 e. The van der Waals surface area contributed by atoms with E-state index in [1.54, 1.807) is 23.7 Å². The third-order valence-electron chi connectivity index (χ3n) is 4.71. The largest absolute Gasteiger partial charge is 0.476 e. The van der Waals surface area contributed by atoms with E-state index in [2.05, 4.69) is 15.2 Å². The molecule has 4 aromatic rings. The van der Waals surface area contributed by atoms with Gasteiger partial charge in [0.2, 0.25) is 0 Å². The van der Waals surface area contributed by atoms with Crippen LogP contribution in [0, 0.1) is 6.92 Å². The quantitative estimate of drug-likeness (QED) is 0.556. The van der Waals surface area contributed by atoms with Gasteiger partial charge in [0.05, 0.1) is 27.9 Å². The standard InChI is InChI=1S/C20H14N4O4S/c1-11-21-19(28-23-11)12-5-4-6-13(9-12)24-18-14-7-2-3-8-16(14)29(27)10-15(18)17(22-24)20(25)26/h2-9H,10H2,1H3,(H,25,26). The molecule has 9 heteroatoms. The van der Waals surface area contributed by atoms with Crippen molar-refractivity contribution in [3.63, 3.8) is 0 Å². The lowest BCUT2D eigenvalue weighted by Gasteiger charge is -2.18. The Morgan fingerprint density at radius 1 is 1.21 bits per heavy atom. The molecule has 3 heterocycles. The van der Waals surface area contributed by atoms with E-state index in [1.165, 1.54) is 0 Å². The molecule has 1 unspecified atom stereocenters. The minimum absolute atomic E-state index is 0.0955. The van der Waals surface area contributed by atoms with Crippen LogP contribution < -0.4 is 0 Å². The Kier molecular flexibility index (Phi) is 3.92. The molecule has 0 radical (unpaired) electrons. The number of carboxylic acid groups (broad SMARTS) is 1. The second-order valence-electron chi connectivity index (χ2n) is 6.58. The van der Waals surface area contributed by atoms with Gasteiger partial charge in [0.25, 0.3) is 5.89 Å². The normalized spacial score (nSPS) is 15.0. The van der Waals surface area contributed by atoms with Crippen LogP contribution in [0.25, 0.3) is 28.4 Å². The molecule has 2 aromatic carbocycles. The van der Waals surface area contributed by atoms with Gasteiger partial charge in [-0.2, -0.15) is 10.1 Å². The van der Waals surface area contributed by atoms with Crippen LogP contribution in [0.3, 0.4) is 0 Å². The van der Waals surface area contributed by atoms with Crippen molar-refractivity contribution in [3.05, 3.63) is 65.6 Å². The lowest BCUT2D eigenvalue weighted by atomic mass is 10.1. The number of aromatic carboxylic acids is 1. The zero-order valence-electron chi connectivity index (χ0n) is 15.2. The number of benzene rings is 2. The van der Waals surface area contributed by atoms with Gasteiger partial charge in [0.15, 0.2) is 11.5 Å². The van der Waals surface area contributed by atoms with E-state index in [0.29, 0.717) is 44.7 Å². The van der Waals surface area contributed by atoms with Crippen molar-refractivity contribution in [2.75, 3.05) is 0 Å². The Morgan fingerprint density at radius 2 is 2.03 bits per heavy atom. The van der Waals surface area contributed by atoms with Crippen molar-refractivity contribution in [2.24, 2.45) is 0 Å². The van der Waals surface area contributed by atoms with Crippen LogP contribution in [0.15, 0.2) is 57.9 Å². The predicted octanol–water partition coefficient (Wildman–Crippen LogP) is 3.22. The van der Waals surface area contributed by atoms with Gasteiger partial charge < -0.3 is 9.63 Å². The maximum Gasteiger partial charge on any atom is 0.356 e. The van der Waals surface area contributed by atoms with Crippen LogP contribution in [0.2, 0.25) is 0 Å². The van der Waals surface area contributed by atoms with Crippen molar-refractivity contribution in [1.29, 1.82) is 0 Å². The van der Waals surface area contributed by atoms with E-state index in [4.69, 9.17) is 4.52 Å². The summed E-state index contributed by atoms with van der Waals surface area (Å²) >= 11 is 0. The van der Waals surface area contributed by atoms with Crippen molar-refractivity contribution < 1.29 is 18.6 Å². The molecule has 5 rings (SSSR count). The van der Waals surface area contributed by atoms with Crippen molar-refractivity contribution >= 4 is 16.8 Å². The van der Waals surface area contributed by atoms with Crippen LogP contribution in [0.1, 0.15) is 21.9 Å². The molecule has 144 valence electrons. The number of fused-ring (bicyclic) bond motifs is 3. The molecule has 0 bridgehead atoms. The summed E-state index contributed by atoms with van der Waals surface area (Å²) < 4.78 is 19.5. The van der Waals surface area contributed by atoms with Crippen LogP contribution >= 0.6 is 0 Å². The van der Waals surface area contributed by atoms with Gasteiger partial charge in [-0.1, -0.05) is 29.4 Å². The van der Waals surface area contributed by atoms with Gasteiger partial charge in [-0.3, -0.25) is 4.21 Å². The van der Waals surface area contributed by atoms with Crippen LogP contribution in [0.5, 0.6) is 0 Å². The summed E-state index contributed by atoms with van der Waals surface area (Å²) in [4.78, 5) is 16.7. The van der Waals surface area contributed by atoms with E-state index < -0.39 is 16.8 Å². The number of aromatic nitrogens is 4. The molecule has 0 fully saturated rings. The molecule has 2 aromatic heterocycles. The Hall–Kier alpha value is -3.59. The highest BCUT2D eigenvalue weighted by atomic mass is 32.2. The first-order chi connectivity index (χ1) is 14.0. The molecular formula is C20H14N4O4S. The third-order valence-corrected chi connectivity index (χ3v) is 6.11. The van der Waals surface area contributed by atoms with E-state index in [0.717, 1.165) is 0 Å². The number of nitrogens with zero attached hydrogens (tertiary/aromatic N) is 4.